The maximum Gasteiger partial charge on any atom is 0.310 e. The predicted octanol–water partition coefficient (Wildman–Crippen LogP) is 4.46. The van der Waals surface area contributed by atoms with Gasteiger partial charge in [-0.05, 0) is 42.3 Å². The van der Waals surface area contributed by atoms with Crippen LogP contribution < -0.4 is 0 Å². The zero-order valence-electron chi connectivity index (χ0n) is 14.2. The lowest BCUT2D eigenvalue weighted by molar-refractivity contribution is -0.138. The smallest absolute Gasteiger partial charge is 0.310 e. The van der Waals surface area contributed by atoms with Gasteiger partial charge in [-0.1, -0.05) is 31.2 Å². The number of H-pyrrole nitrogens is 2. The molecule has 1 atom stereocenters. The molecule has 0 saturated carbocycles. The van der Waals surface area contributed by atoms with Gasteiger partial charge in [0.1, 0.15) is 0 Å². The van der Waals surface area contributed by atoms with Gasteiger partial charge < -0.3 is 15.1 Å². The minimum Gasteiger partial charge on any atom is -0.481 e. The molecule has 0 aliphatic heterocycles. The zero-order chi connectivity index (χ0) is 18.3. The number of carboxylic acid groups (broad SMARTS) is 1. The van der Waals surface area contributed by atoms with Crippen molar-refractivity contribution in [3.05, 3.63) is 71.5 Å². The molecule has 130 valence electrons. The van der Waals surface area contributed by atoms with Gasteiger partial charge in [-0.2, -0.15) is 0 Å². The van der Waals surface area contributed by atoms with E-state index in [1.54, 1.807) is 12.1 Å². The van der Waals surface area contributed by atoms with Crippen molar-refractivity contribution < 1.29 is 14.7 Å². The Hall–Kier alpha value is -3.34. The molecular weight excluding hydrogens is 328 g/mol. The van der Waals surface area contributed by atoms with Crippen molar-refractivity contribution in [2.45, 2.75) is 19.3 Å². The van der Waals surface area contributed by atoms with E-state index in [4.69, 9.17) is 0 Å². The Bertz CT molecular complexity index is 1100. The molecule has 5 heteroatoms. The number of aliphatic carboxylic acids is 1. The van der Waals surface area contributed by atoms with Crippen molar-refractivity contribution in [3.63, 3.8) is 0 Å². The molecular formula is C21H18N2O3. The van der Waals surface area contributed by atoms with E-state index in [1.165, 1.54) is 0 Å². The van der Waals surface area contributed by atoms with Crippen LogP contribution in [0.5, 0.6) is 0 Å². The zero-order valence-corrected chi connectivity index (χ0v) is 14.2. The molecule has 26 heavy (non-hydrogen) atoms. The largest absolute Gasteiger partial charge is 0.481 e. The van der Waals surface area contributed by atoms with Gasteiger partial charge in [0.05, 0.1) is 17.3 Å². The van der Waals surface area contributed by atoms with E-state index in [0.717, 1.165) is 27.4 Å². The topological polar surface area (TPSA) is 85.9 Å². The number of fused-ring (bicyclic) bond motifs is 2. The number of rotatable bonds is 5. The number of para-hydroxylation sites is 1. The molecule has 0 radical (unpaired) electrons. The van der Waals surface area contributed by atoms with E-state index in [1.807, 2.05) is 49.4 Å². The molecule has 0 aliphatic rings. The highest BCUT2D eigenvalue weighted by Gasteiger charge is 2.19. The molecule has 0 aliphatic carbocycles. The molecule has 5 nitrogen and oxygen atoms in total. The fraction of sp³-hybridized carbons (Fsp3) is 0.143. The summed E-state index contributed by atoms with van der Waals surface area (Å²) in [6.07, 6.45) is 0.520. The van der Waals surface area contributed by atoms with Crippen LogP contribution in [0.3, 0.4) is 0 Å². The molecule has 4 rings (SSSR count). The Balaban J connectivity index is 1.72. The maximum absolute atomic E-state index is 12.8. The van der Waals surface area contributed by atoms with E-state index in [-0.39, 0.29) is 5.78 Å². The lowest BCUT2D eigenvalue weighted by atomic mass is 9.96. The molecule has 0 bridgehead atoms. The first-order valence-corrected chi connectivity index (χ1v) is 8.54. The summed E-state index contributed by atoms with van der Waals surface area (Å²) in [5.74, 6) is -1.50. The van der Waals surface area contributed by atoms with Gasteiger partial charge in [0.25, 0.3) is 0 Å². The number of hydrogen-bond acceptors (Lipinski definition) is 2. The van der Waals surface area contributed by atoms with E-state index >= 15 is 0 Å². The second kappa shape index (κ2) is 6.19. The third-order valence-electron chi connectivity index (χ3n) is 4.77. The molecule has 0 saturated heterocycles. The molecule has 0 fully saturated rings. The number of ketones is 1. The van der Waals surface area contributed by atoms with Gasteiger partial charge in [0.15, 0.2) is 0 Å². The normalized spacial score (nSPS) is 12.5. The summed E-state index contributed by atoms with van der Waals surface area (Å²) in [7, 11) is 0. The molecule has 4 aromatic rings. The third-order valence-corrected chi connectivity index (χ3v) is 4.77. The number of carbonyl (C=O) groups excluding carboxylic acids is 1. The highest BCUT2D eigenvalue weighted by atomic mass is 16.4. The van der Waals surface area contributed by atoms with Crippen LogP contribution in [-0.2, 0) is 4.79 Å². The standard InChI is InChI=1S/C21H18N2O3/c1-2-15(21(25)26)12-7-8-17-14(9-12)11-19(23-17)20(24)18-10-13-5-3-4-6-16(13)22-18/h3-11,15,22-23H,2H2,1H3,(H,25,26). The van der Waals surface area contributed by atoms with Crippen molar-refractivity contribution in [1.29, 1.82) is 0 Å². The van der Waals surface area contributed by atoms with Crippen LogP contribution in [0, 0.1) is 0 Å². The first-order valence-electron chi connectivity index (χ1n) is 8.54. The van der Waals surface area contributed by atoms with E-state index < -0.39 is 11.9 Å². The SMILES string of the molecule is CCC(C(=O)O)c1ccc2[nH]c(C(=O)c3cc4ccccc4[nH]3)cc2c1. The number of hydrogen-bond donors (Lipinski definition) is 3. The summed E-state index contributed by atoms with van der Waals surface area (Å²) >= 11 is 0. The van der Waals surface area contributed by atoms with Crippen LogP contribution in [0.15, 0.2) is 54.6 Å². The first-order chi connectivity index (χ1) is 12.6. The summed E-state index contributed by atoms with van der Waals surface area (Å²) < 4.78 is 0. The van der Waals surface area contributed by atoms with Gasteiger partial charge in [-0.3, -0.25) is 9.59 Å². The average molecular weight is 346 g/mol. The van der Waals surface area contributed by atoms with Crippen molar-refractivity contribution in [2.24, 2.45) is 0 Å². The molecule has 1 unspecified atom stereocenters. The molecule has 2 aromatic carbocycles. The number of benzene rings is 2. The number of nitrogens with one attached hydrogen (secondary N) is 2. The predicted molar refractivity (Wildman–Crippen MR) is 101 cm³/mol. The quantitative estimate of drug-likeness (QED) is 0.466. The van der Waals surface area contributed by atoms with Crippen molar-refractivity contribution in [1.82, 2.24) is 9.97 Å². The van der Waals surface area contributed by atoms with Crippen molar-refractivity contribution in [2.75, 3.05) is 0 Å². The Morgan fingerprint density at radius 2 is 1.58 bits per heavy atom. The number of aromatic amines is 2. The monoisotopic (exact) mass is 346 g/mol. The van der Waals surface area contributed by atoms with E-state index in [9.17, 15) is 14.7 Å². The van der Waals surface area contributed by atoms with Crippen LogP contribution in [0.25, 0.3) is 21.8 Å². The maximum atomic E-state index is 12.8. The minimum atomic E-state index is -0.836. The van der Waals surface area contributed by atoms with Crippen LogP contribution in [0.2, 0.25) is 0 Å². The van der Waals surface area contributed by atoms with Gasteiger partial charge >= 0.3 is 5.97 Å². The lowest BCUT2D eigenvalue weighted by Crippen LogP contribution is -2.10. The van der Waals surface area contributed by atoms with Crippen molar-refractivity contribution in [3.8, 4) is 0 Å². The molecule has 0 amide bonds. The second-order valence-corrected chi connectivity index (χ2v) is 6.43. The van der Waals surface area contributed by atoms with Crippen LogP contribution >= 0.6 is 0 Å². The average Bonchev–Trinajstić information content (AvgIpc) is 3.25. The Kier molecular flexibility index (Phi) is 3.84. The Labute approximate surface area is 149 Å². The van der Waals surface area contributed by atoms with Gasteiger partial charge in [0.2, 0.25) is 5.78 Å². The van der Waals surface area contributed by atoms with E-state index in [2.05, 4.69) is 9.97 Å². The minimum absolute atomic E-state index is 0.121. The Morgan fingerprint density at radius 3 is 2.23 bits per heavy atom. The summed E-state index contributed by atoms with van der Waals surface area (Å²) in [6, 6.07) is 16.8. The van der Waals surface area contributed by atoms with Crippen LogP contribution in [0.4, 0.5) is 0 Å². The molecule has 2 aromatic heterocycles. The second-order valence-electron chi connectivity index (χ2n) is 6.43. The van der Waals surface area contributed by atoms with Crippen LogP contribution in [-0.4, -0.2) is 26.8 Å². The fourth-order valence-corrected chi connectivity index (χ4v) is 3.38. The highest BCUT2D eigenvalue weighted by Crippen LogP contribution is 2.26. The summed E-state index contributed by atoms with van der Waals surface area (Å²) in [6.45, 7) is 1.85. The number of carbonyl (C=O) groups is 2. The van der Waals surface area contributed by atoms with Gasteiger partial charge in [-0.25, -0.2) is 0 Å². The first kappa shape index (κ1) is 16.1. The number of aromatic nitrogens is 2. The molecule has 0 spiro atoms. The molecule has 2 heterocycles. The summed E-state index contributed by atoms with van der Waals surface area (Å²) in [5.41, 5.74) is 3.48. The van der Waals surface area contributed by atoms with Crippen LogP contribution in [0.1, 0.15) is 41.0 Å². The van der Waals surface area contributed by atoms with E-state index in [0.29, 0.717) is 17.8 Å². The highest BCUT2D eigenvalue weighted by molar-refractivity contribution is 6.11. The van der Waals surface area contributed by atoms with Gasteiger partial charge in [0, 0.05) is 21.8 Å². The molecule has 3 N–H and O–H groups in total. The lowest BCUT2D eigenvalue weighted by Gasteiger charge is -2.09. The van der Waals surface area contributed by atoms with Gasteiger partial charge in [-0.15, -0.1) is 0 Å². The Morgan fingerprint density at radius 1 is 0.923 bits per heavy atom. The fourth-order valence-electron chi connectivity index (χ4n) is 3.38. The summed E-state index contributed by atoms with van der Waals surface area (Å²) in [5, 5.41) is 11.2. The number of carboxylic acids is 1. The third kappa shape index (κ3) is 2.67. The van der Waals surface area contributed by atoms with Crippen molar-refractivity contribution >= 4 is 33.6 Å². The summed E-state index contributed by atoms with van der Waals surface area (Å²) in [4.78, 5) is 30.5.